The van der Waals surface area contributed by atoms with Crippen LogP contribution in [0.2, 0.25) is 0 Å². The average molecular weight is 268 g/mol. The number of fused-ring (bicyclic) bond motifs is 1. The van der Waals surface area contributed by atoms with E-state index in [1.807, 2.05) is 18.2 Å². The largest absolute Gasteiger partial charge is 0.508 e. The molecule has 0 bridgehead atoms. The molecule has 2 aromatic rings. The number of anilines is 1. The van der Waals surface area contributed by atoms with E-state index in [-0.39, 0.29) is 0 Å². The second-order valence-electron chi connectivity index (χ2n) is 5.58. The summed E-state index contributed by atoms with van der Waals surface area (Å²) in [4.78, 5) is 2.36. The van der Waals surface area contributed by atoms with Gasteiger partial charge in [0.1, 0.15) is 5.75 Å². The van der Waals surface area contributed by atoms with Gasteiger partial charge in [0.05, 0.1) is 0 Å². The van der Waals surface area contributed by atoms with Crippen molar-refractivity contribution < 1.29 is 5.11 Å². The van der Waals surface area contributed by atoms with Crippen LogP contribution in [-0.4, -0.2) is 16.6 Å². The molecule has 0 fully saturated rings. The van der Waals surface area contributed by atoms with Crippen LogP contribution < -0.4 is 5.73 Å². The number of nitrogen functional groups attached to an aromatic ring is 1. The van der Waals surface area contributed by atoms with Crippen molar-refractivity contribution in [2.24, 2.45) is 0 Å². The Kier molecular flexibility index (Phi) is 3.36. The monoisotopic (exact) mass is 268 g/mol. The van der Waals surface area contributed by atoms with Gasteiger partial charge in [0, 0.05) is 30.9 Å². The Morgan fingerprint density at radius 1 is 1.25 bits per heavy atom. The van der Waals surface area contributed by atoms with E-state index in [2.05, 4.69) is 24.0 Å². The van der Waals surface area contributed by atoms with Gasteiger partial charge in [-0.2, -0.15) is 0 Å². The zero-order chi connectivity index (χ0) is 14.1. The second-order valence-corrected chi connectivity index (χ2v) is 5.58. The number of benzene rings is 2. The maximum Gasteiger partial charge on any atom is 0.120 e. The van der Waals surface area contributed by atoms with E-state index >= 15 is 0 Å². The third-order valence-corrected chi connectivity index (χ3v) is 4.01. The number of phenolic OH excluding ortho intramolecular Hbond substituents is 1. The van der Waals surface area contributed by atoms with Crippen LogP contribution in [0.15, 0.2) is 36.4 Å². The van der Waals surface area contributed by atoms with E-state index in [1.54, 1.807) is 6.07 Å². The SMILES string of the molecule is Cc1ccc(O)c(CN2CCc3c(N)cccc3C2)c1. The van der Waals surface area contributed by atoms with Crippen LogP contribution in [0, 0.1) is 6.92 Å². The predicted molar refractivity (Wildman–Crippen MR) is 81.5 cm³/mol. The van der Waals surface area contributed by atoms with Crippen LogP contribution in [0.5, 0.6) is 5.75 Å². The lowest BCUT2D eigenvalue weighted by Crippen LogP contribution is -2.30. The van der Waals surface area contributed by atoms with E-state index < -0.39 is 0 Å². The summed E-state index contributed by atoms with van der Waals surface area (Å²) >= 11 is 0. The number of aryl methyl sites for hydroxylation is 1. The molecular weight excluding hydrogens is 248 g/mol. The summed E-state index contributed by atoms with van der Waals surface area (Å²) < 4.78 is 0. The van der Waals surface area contributed by atoms with E-state index in [9.17, 15) is 5.11 Å². The molecule has 0 atom stereocenters. The molecule has 0 amide bonds. The Hall–Kier alpha value is -2.00. The van der Waals surface area contributed by atoms with Gasteiger partial charge in [0.2, 0.25) is 0 Å². The zero-order valence-electron chi connectivity index (χ0n) is 11.8. The number of hydrogen-bond acceptors (Lipinski definition) is 3. The minimum absolute atomic E-state index is 0.383. The summed E-state index contributed by atoms with van der Waals surface area (Å²) in [5.74, 6) is 0.383. The van der Waals surface area contributed by atoms with E-state index in [1.165, 1.54) is 16.7 Å². The Balaban J connectivity index is 1.79. The van der Waals surface area contributed by atoms with Crippen molar-refractivity contribution in [3.8, 4) is 5.75 Å². The fraction of sp³-hybridized carbons (Fsp3) is 0.294. The minimum atomic E-state index is 0.383. The number of aromatic hydroxyl groups is 1. The van der Waals surface area contributed by atoms with Crippen molar-refractivity contribution in [3.63, 3.8) is 0 Å². The maximum atomic E-state index is 9.96. The Bertz CT molecular complexity index is 637. The molecule has 0 unspecified atom stereocenters. The maximum absolute atomic E-state index is 9.96. The predicted octanol–water partition coefficient (Wildman–Crippen LogP) is 2.84. The topological polar surface area (TPSA) is 49.5 Å². The summed E-state index contributed by atoms with van der Waals surface area (Å²) in [6.45, 7) is 4.71. The van der Waals surface area contributed by atoms with Crippen molar-refractivity contribution in [3.05, 3.63) is 58.7 Å². The van der Waals surface area contributed by atoms with Gasteiger partial charge in [-0.3, -0.25) is 4.90 Å². The molecule has 0 radical (unpaired) electrons. The van der Waals surface area contributed by atoms with Gasteiger partial charge in [-0.05, 0) is 36.6 Å². The first-order valence-electron chi connectivity index (χ1n) is 7.00. The lowest BCUT2D eigenvalue weighted by Gasteiger charge is -2.29. The van der Waals surface area contributed by atoms with Crippen molar-refractivity contribution in [2.75, 3.05) is 12.3 Å². The van der Waals surface area contributed by atoms with Crippen LogP contribution in [0.3, 0.4) is 0 Å². The Morgan fingerprint density at radius 3 is 2.95 bits per heavy atom. The van der Waals surface area contributed by atoms with Crippen LogP contribution in [0.25, 0.3) is 0 Å². The van der Waals surface area contributed by atoms with Crippen molar-refractivity contribution in [2.45, 2.75) is 26.4 Å². The molecule has 0 saturated carbocycles. The number of nitrogens with zero attached hydrogens (tertiary/aromatic N) is 1. The van der Waals surface area contributed by atoms with Gasteiger partial charge in [0.25, 0.3) is 0 Å². The van der Waals surface area contributed by atoms with Crippen molar-refractivity contribution >= 4 is 5.69 Å². The van der Waals surface area contributed by atoms with Crippen LogP contribution >= 0.6 is 0 Å². The second kappa shape index (κ2) is 5.17. The fourth-order valence-electron chi connectivity index (χ4n) is 2.91. The molecule has 0 spiro atoms. The average Bonchev–Trinajstić information content (AvgIpc) is 2.43. The van der Waals surface area contributed by atoms with E-state index in [0.29, 0.717) is 5.75 Å². The Morgan fingerprint density at radius 2 is 2.10 bits per heavy atom. The number of hydrogen-bond donors (Lipinski definition) is 2. The van der Waals surface area contributed by atoms with Crippen LogP contribution in [-0.2, 0) is 19.5 Å². The molecule has 104 valence electrons. The highest BCUT2D eigenvalue weighted by atomic mass is 16.3. The van der Waals surface area contributed by atoms with Gasteiger partial charge in [-0.25, -0.2) is 0 Å². The molecule has 20 heavy (non-hydrogen) atoms. The van der Waals surface area contributed by atoms with Gasteiger partial charge in [-0.15, -0.1) is 0 Å². The lowest BCUT2D eigenvalue weighted by atomic mass is 9.97. The zero-order valence-corrected chi connectivity index (χ0v) is 11.8. The number of phenols is 1. The lowest BCUT2D eigenvalue weighted by molar-refractivity contribution is 0.242. The molecule has 2 aromatic carbocycles. The molecule has 3 heteroatoms. The molecule has 3 rings (SSSR count). The first-order chi connectivity index (χ1) is 9.63. The summed E-state index contributed by atoms with van der Waals surface area (Å²) in [5.41, 5.74) is 11.7. The van der Waals surface area contributed by atoms with Crippen molar-refractivity contribution in [1.29, 1.82) is 0 Å². The summed E-state index contributed by atoms with van der Waals surface area (Å²) in [6, 6.07) is 11.9. The van der Waals surface area contributed by atoms with E-state index in [0.717, 1.165) is 37.3 Å². The Labute approximate surface area is 119 Å². The molecule has 3 nitrogen and oxygen atoms in total. The van der Waals surface area contributed by atoms with Gasteiger partial charge in [-0.1, -0.05) is 29.8 Å². The number of nitrogens with two attached hydrogens (primary N) is 1. The smallest absolute Gasteiger partial charge is 0.120 e. The number of rotatable bonds is 2. The first kappa shape index (κ1) is 13.0. The molecule has 3 N–H and O–H groups in total. The fourth-order valence-corrected chi connectivity index (χ4v) is 2.91. The highest BCUT2D eigenvalue weighted by molar-refractivity contribution is 5.52. The van der Waals surface area contributed by atoms with Gasteiger partial charge in [0.15, 0.2) is 0 Å². The molecule has 0 aromatic heterocycles. The van der Waals surface area contributed by atoms with Gasteiger partial charge >= 0.3 is 0 Å². The van der Waals surface area contributed by atoms with Gasteiger partial charge < -0.3 is 10.8 Å². The van der Waals surface area contributed by atoms with Crippen LogP contribution in [0.4, 0.5) is 5.69 Å². The molecular formula is C17H20N2O. The summed E-state index contributed by atoms with van der Waals surface area (Å²) in [6.07, 6.45) is 0.981. The summed E-state index contributed by atoms with van der Waals surface area (Å²) in [5, 5.41) is 9.96. The normalized spacial score (nSPS) is 15.1. The highest BCUT2D eigenvalue weighted by Gasteiger charge is 2.18. The molecule has 1 aliphatic rings. The minimum Gasteiger partial charge on any atom is -0.508 e. The molecule has 0 saturated heterocycles. The highest BCUT2D eigenvalue weighted by Crippen LogP contribution is 2.27. The standard InChI is InChI=1S/C17H20N2O/c1-12-5-6-17(20)14(9-12)11-19-8-7-15-13(10-19)3-2-4-16(15)18/h2-6,9,20H,7-8,10-11,18H2,1H3. The van der Waals surface area contributed by atoms with E-state index in [4.69, 9.17) is 5.73 Å². The molecule has 1 heterocycles. The van der Waals surface area contributed by atoms with Crippen LogP contribution in [0.1, 0.15) is 22.3 Å². The first-order valence-corrected chi connectivity index (χ1v) is 7.00. The quantitative estimate of drug-likeness (QED) is 0.823. The molecule has 1 aliphatic heterocycles. The summed E-state index contributed by atoms with van der Waals surface area (Å²) in [7, 11) is 0. The third-order valence-electron chi connectivity index (χ3n) is 4.01. The van der Waals surface area contributed by atoms with Crippen molar-refractivity contribution in [1.82, 2.24) is 4.90 Å². The molecule has 0 aliphatic carbocycles. The third kappa shape index (κ3) is 2.49.